The van der Waals surface area contributed by atoms with Crippen LogP contribution in [0.4, 0.5) is 10.1 Å². The van der Waals surface area contributed by atoms with E-state index < -0.39 is 23.8 Å². The zero-order valence-corrected chi connectivity index (χ0v) is 13.7. The van der Waals surface area contributed by atoms with Gasteiger partial charge in [0.15, 0.2) is 6.10 Å². The van der Waals surface area contributed by atoms with Crippen LogP contribution in [0.15, 0.2) is 59.3 Å². The number of benzene rings is 2. The summed E-state index contributed by atoms with van der Waals surface area (Å²) in [6.45, 7) is 1.43. The van der Waals surface area contributed by atoms with Crippen molar-refractivity contribution in [2.24, 2.45) is 0 Å². The molecule has 0 aliphatic rings. The second kappa shape index (κ2) is 7.56. The van der Waals surface area contributed by atoms with Gasteiger partial charge >= 0.3 is 5.97 Å². The highest BCUT2D eigenvalue weighted by Gasteiger charge is 2.19. The van der Waals surface area contributed by atoms with Gasteiger partial charge in [0.2, 0.25) is 12.3 Å². The minimum Gasteiger partial charge on any atom is -0.449 e. The molecule has 0 spiro atoms. The Morgan fingerprint density at radius 2 is 1.96 bits per heavy atom. The van der Waals surface area contributed by atoms with E-state index in [2.05, 4.69) is 15.5 Å². The molecule has 0 bridgehead atoms. The van der Waals surface area contributed by atoms with Crippen molar-refractivity contribution in [1.82, 2.24) is 10.2 Å². The monoisotopic (exact) mass is 355 g/mol. The van der Waals surface area contributed by atoms with E-state index in [4.69, 9.17) is 9.15 Å². The van der Waals surface area contributed by atoms with E-state index in [1.807, 2.05) is 0 Å². The second-order valence-electron chi connectivity index (χ2n) is 5.37. The maximum Gasteiger partial charge on any atom is 0.338 e. The standard InChI is InChI=1S/C18H14FN3O4/c1-11(16(23)21-15-4-2-3-14(19)9-15)26-18(24)13-7-5-12(6-8-13)17-22-20-10-25-17/h2-11H,1H3,(H,21,23)/t11-/m1/s1. The van der Waals surface area contributed by atoms with E-state index in [0.29, 0.717) is 11.5 Å². The molecule has 0 aliphatic heterocycles. The van der Waals surface area contributed by atoms with Crippen molar-refractivity contribution < 1.29 is 23.1 Å². The summed E-state index contributed by atoms with van der Waals surface area (Å²) < 4.78 is 23.3. The topological polar surface area (TPSA) is 94.3 Å². The SMILES string of the molecule is C[C@@H](OC(=O)c1ccc(-c2nnco2)cc1)C(=O)Nc1cccc(F)c1. The lowest BCUT2D eigenvalue weighted by Gasteiger charge is -2.13. The number of halogens is 1. The smallest absolute Gasteiger partial charge is 0.338 e. The third kappa shape index (κ3) is 4.10. The predicted molar refractivity (Wildman–Crippen MR) is 89.6 cm³/mol. The van der Waals surface area contributed by atoms with Gasteiger partial charge in [-0.1, -0.05) is 6.07 Å². The molecule has 8 heteroatoms. The molecule has 132 valence electrons. The van der Waals surface area contributed by atoms with Crippen LogP contribution >= 0.6 is 0 Å². The normalized spacial score (nSPS) is 11.6. The van der Waals surface area contributed by atoms with Crippen LogP contribution in [-0.4, -0.2) is 28.2 Å². The highest BCUT2D eigenvalue weighted by Crippen LogP contribution is 2.17. The van der Waals surface area contributed by atoms with Crippen LogP contribution in [0.25, 0.3) is 11.5 Å². The largest absolute Gasteiger partial charge is 0.449 e. The van der Waals surface area contributed by atoms with Crippen molar-refractivity contribution in [2.45, 2.75) is 13.0 Å². The molecule has 0 radical (unpaired) electrons. The fourth-order valence-corrected chi connectivity index (χ4v) is 2.14. The highest BCUT2D eigenvalue weighted by atomic mass is 19.1. The molecule has 1 atom stereocenters. The summed E-state index contributed by atoms with van der Waals surface area (Å²) in [7, 11) is 0. The fourth-order valence-electron chi connectivity index (χ4n) is 2.14. The first-order valence-electron chi connectivity index (χ1n) is 7.67. The van der Waals surface area contributed by atoms with Crippen LogP contribution in [0.5, 0.6) is 0 Å². The number of esters is 1. The Labute approximate surface area is 147 Å². The van der Waals surface area contributed by atoms with Gasteiger partial charge in [0.1, 0.15) is 5.82 Å². The Balaban J connectivity index is 1.60. The van der Waals surface area contributed by atoms with Gasteiger partial charge in [-0.3, -0.25) is 4.79 Å². The molecule has 1 N–H and O–H groups in total. The van der Waals surface area contributed by atoms with Crippen LogP contribution in [-0.2, 0) is 9.53 Å². The molecule has 2 aromatic carbocycles. The van der Waals surface area contributed by atoms with E-state index >= 15 is 0 Å². The first kappa shape index (κ1) is 17.3. The molecule has 26 heavy (non-hydrogen) atoms. The molecule has 0 saturated carbocycles. The van der Waals surface area contributed by atoms with Crippen molar-refractivity contribution in [3.05, 3.63) is 66.3 Å². The number of hydrogen-bond acceptors (Lipinski definition) is 6. The van der Waals surface area contributed by atoms with Gasteiger partial charge in [0, 0.05) is 11.3 Å². The van der Waals surface area contributed by atoms with E-state index in [1.54, 1.807) is 12.1 Å². The summed E-state index contributed by atoms with van der Waals surface area (Å²) in [5.74, 6) is -1.38. The first-order valence-corrected chi connectivity index (χ1v) is 7.67. The summed E-state index contributed by atoms with van der Waals surface area (Å²) in [4.78, 5) is 24.2. The van der Waals surface area contributed by atoms with Crippen LogP contribution in [0.3, 0.4) is 0 Å². The predicted octanol–water partition coefficient (Wildman–Crippen LogP) is 3.06. The lowest BCUT2D eigenvalue weighted by atomic mass is 10.1. The number of anilines is 1. The molecule has 1 amide bonds. The average molecular weight is 355 g/mol. The molecule has 3 aromatic rings. The zero-order valence-electron chi connectivity index (χ0n) is 13.7. The zero-order chi connectivity index (χ0) is 18.5. The Morgan fingerprint density at radius 3 is 2.62 bits per heavy atom. The quantitative estimate of drug-likeness (QED) is 0.707. The van der Waals surface area contributed by atoms with Gasteiger partial charge in [-0.2, -0.15) is 0 Å². The molecular formula is C18H14FN3O4. The van der Waals surface area contributed by atoms with Crippen LogP contribution in [0, 0.1) is 5.82 Å². The number of amides is 1. The highest BCUT2D eigenvalue weighted by molar-refractivity contribution is 5.97. The molecule has 0 unspecified atom stereocenters. The Bertz CT molecular complexity index is 910. The third-order valence-corrected chi connectivity index (χ3v) is 3.47. The van der Waals surface area contributed by atoms with E-state index in [9.17, 15) is 14.0 Å². The van der Waals surface area contributed by atoms with E-state index in [-0.39, 0.29) is 11.3 Å². The molecular weight excluding hydrogens is 341 g/mol. The summed E-state index contributed by atoms with van der Waals surface area (Å²) in [6.07, 6.45) is 0.150. The lowest BCUT2D eigenvalue weighted by Crippen LogP contribution is -2.30. The molecule has 3 rings (SSSR count). The third-order valence-electron chi connectivity index (χ3n) is 3.47. The van der Waals surface area contributed by atoms with Gasteiger partial charge in [-0.15, -0.1) is 10.2 Å². The average Bonchev–Trinajstić information content (AvgIpc) is 3.16. The fraction of sp³-hybridized carbons (Fsp3) is 0.111. The summed E-state index contributed by atoms with van der Waals surface area (Å²) in [5, 5.41) is 9.83. The van der Waals surface area contributed by atoms with Gasteiger partial charge in [-0.25, -0.2) is 9.18 Å². The minimum absolute atomic E-state index is 0.263. The number of aromatic nitrogens is 2. The minimum atomic E-state index is -1.05. The number of ether oxygens (including phenoxy) is 1. The Hall–Kier alpha value is -3.55. The number of nitrogens with one attached hydrogen (secondary N) is 1. The number of carbonyl (C=O) groups is 2. The Kier molecular flexibility index (Phi) is 5.02. The van der Waals surface area contributed by atoms with Crippen molar-refractivity contribution in [1.29, 1.82) is 0 Å². The van der Waals surface area contributed by atoms with E-state index in [1.165, 1.54) is 49.7 Å². The van der Waals surface area contributed by atoms with E-state index in [0.717, 1.165) is 0 Å². The molecule has 1 aromatic heterocycles. The maximum atomic E-state index is 13.1. The molecule has 0 aliphatic carbocycles. The number of rotatable bonds is 5. The molecule has 7 nitrogen and oxygen atoms in total. The van der Waals surface area contributed by atoms with Crippen molar-refractivity contribution >= 4 is 17.6 Å². The second-order valence-corrected chi connectivity index (χ2v) is 5.37. The van der Waals surface area contributed by atoms with Crippen LogP contribution in [0.1, 0.15) is 17.3 Å². The van der Waals surface area contributed by atoms with Gasteiger partial charge in [0.25, 0.3) is 5.91 Å². The number of carbonyl (C=O) groups excluding carboxylic acids is 2. The Morgan fingerprint density at radius 1 is 1.19 bits per heavy atom. The first-order chi connectivity index (χ1) is 12.5. The molecule has 0 fully saturated rings. The lowest BCUT2D eigenvalue weighted by molar-refractivity contribution is -0.123. The summed E-state index contributed by atoms with van der Waals surface area (Å²) in [6, 6.07) is 11.7. The molecule has 0 saturated heterocycles. The summed E-state index contributed by atoms with van der Waals surface area (Å²) >= 11 is 0. The maximum absolute atomic E-state index is 13.1. The van der Waals surface area contributed by atoms with Crippen molar-refractivity contribution in [3.8, 4) is 11.5 Å². The van der Waals surface area contributed by atoms with Crippen molar-refractivity contribution in [2.75, 3.05) is 5.32 Å². The van der Waals surface area contributed by atoms with Crippen LogP contribution < -0.4 is 5.32 Å². The van der Waals surface area contributed by atoms with Gasteiger partial charge in [0.05, 0.1) is 5.56 Å². The van der Waals surface area contributed by atoms with Gasteiger partial charge < -0.3 is 14.5 Å². The molecule has 1 heterocycles. The number of nitrogens with zero attached hydrogens (tertiary/aromatic N) is 2. The van der Waals surface area contributed by atoms with Crippen molar-refractivity contribution in [3.63, 3.8) is 0 Å². The summed E-state index contributed by atoms with van der Waals surface area (Å²) in [5.41, 5.74) is 1.19. The van der Waals surface area contributed by atoms with Gasteiger partial charge in [-0.05, 0) is 49.4 Å². The number of hydrogen-bond donors (Lipinski definition) is 1. The van der Waals surface area contributed by atoms with Crippen LogP contribution in [0.2, 0.25) is 0 Å².